The lowest BCUT2D eigenvalue weighted by atomic mass is 10.4. The van der Waals surface area contributed by atoms with E-state index in [4.69, 9.17) is 19.7 Å². The normalized spacial score (nSPS) is 15.4. The Labute approximate surface area is 83.0 Å². The van der Waals surface area contributed by atoms with Crippen molar-refractivity contribution in [3.63, 3.8) is 0 Å². The summed E-state index contributed by atoms with van der Waals surface area (Å²) in [7, 11) is 0. The van der Waals surface area contributed by atoms with Crippen LogP contribution in [0.5, 0.6) is 0 Å². The third kappa shape index (κ3) is 8.36. The summed E-state index contributed by atoms with van der Waals surface area (Å²) in [4.78, 5) is 0. The van der Waals surface area contributed by atoms with Gasteiger partial charge in [0.25, 0.3) is 0 Å². The third-order valence-electron chi connectivity index (χ3n) is 1.32. The summed E-state index contributed by atoms with van der Waals surface area (Å²) < 4.78 is 14.4. The van der Waals surface area contributed by atoms with Gasteiger partial charge in [0.2, 0.25) is 0 Å². The largest absolute Gasteiger partial charge is 0.391 e. The van der Waals surface area contributed by atoms with E-state index < -0.39 is 19.0 Å². The van der Waals surface area contributed by atoms with Crippen LogP contribution in [0.2, 0.25) is 0 Å². The number of aliphatic hydroxyl groups is 3. The molecule has 0 fully saturated rings. The summed E-state index contributed by atoms with van der Waals surface area (Å²) >= 11 is 0. The van der Waals surface area contributed by atoms with Crippen LogP contribution in [0.3, 0.4) is 0 Å². The molecule has 0 aromatic rings. The molecule has 3 N–H and O–H groups in total. The summed E-state index contributed by atoms with van der Waals surface area (Å²) in [5, 5.41) is 26.3. The molecular weight excluding hydrogens is 192 g/mol. The van der Waals surface area contributed by atoms with Crippen LogP contribution >= 0.6 is 0 Å². The zero-order chi connectivity index (χ0) is 10.8. The molecule has 6 heteroatoms. The highest BCUT2D eigenvalue weighted by Crippen LogP contribution is 1.90. The fraction of sp³-hybridized carbons (Fsp3) is 1.00. The predicted octanol–water partition coefficient (Wildman–Crippen LogP) is -1.31. The molecule has 86 valence electrons. The fourth-order valence-corrected chi connectivity index (χ4v) is 0.666. The van der Waals surface area contributed by atoms with Crippen LogP contribution < -0.4 is 0 Å². The van der Waals surface area contributed by atoms with Gasteiger partial charge in [0, 0.05) is 6.61 Å². The third-order valence-corrected chi connectivity index (χ3v) is 1.32. The highest BCUT2D eigenvalue weighted by molar-refractivity contribution is 4.49. The molecule has 0 heterocycles. The predicted molar refractivity (Wildman–Crippen MR) is 47.5 cm³/mol. The Morgan fingerprint density at radius 1 is 1.14 bits per heavy atom. The van der Waals surface area contributed by atoms with E-state index in [2.05, 4.69) is 4.74 Å². The molecule has 2 unspecified atom stereocenters. The van der Waals surface area contributed by atoms with E-state index in [1.807, 2.05) is 6.92 Å². The molecule has 0 amide bonds. The first-order chi connectivity index (χ1) is 6.70. The van der Waals surface area contributed by atoms with E-state index in [0.717, 1.165) is 0 Å². The highest BCUT2D eigenvalue weighted by atomic mass is 16.7. The van der Waals surface area contributed by atoms with Gasteiger partial charge in [-0.05, 0) is 6.92 Å². The summed E-state index contributed by atoms with van der Waals surface area (Å²) in [6.45, 7) is 1.98. The first-order valence-electron chi connectivity index (χ1n) is 4.44. The van der Waals surface area contributed by atoms with Gasteiger partial charge in [0.15, 0.2) is 6.29 Å². The average Bonchev–Trinajstić information content (AvgIpc) is 2.21. The molecule has 0 radical (unpaired) electrons. The minimum Gasteiger partial charge on any atom is -0.391 e. The van der Waals surface area contributed by atoms with Gasteiger partial charge in [-0.25, -0.2) is 0 Å². The van der Waals surface area contributed by atoms with E-state index in [1.165, 1.54) is 0 Å². The van der Waals surface area contributed by atoms with Gasteiger partial charge in [0.1, 0.15) is 12.9 Å². The van der Waals surface area contributed by atoms with Crippen LogP contribution in [-0.2, 0) is 14.2 Å². The van der Waals surface area contributed by atoms with Crippen molar-refractivity contribution >= 4 is 0 Å². The summed E-state index contributed by atoms with van der Waals surface area (Å²) in [5.74, 6) is 0. The van der Waals surface area contributed by atoms with Gasteiger partial charge < -0.3 is 29.5 Å². The first-order valence-corrected chi connectivity index (χ1v) is 4.44. The van der Waals surface area contributed by atoms with Crippen LogP contribution in [0.4, 0.5) is 0 Å². The lowest BCUT2D eigenvalue weighted by Gasteiger charge is -2.12. The number of aliphatic hydroxyl groups excluding tert-OH is 3. The van der Waals surface area contributed by atoms with Gasteiger partial charge in [-0.15, -0.1) is 0 Å². The monoisotopic (exact) mass is 210 g/mol. The molecule has 2 atom stereocenters. The van der Waals surface area contributed by atoms with Crippen molar-refractivity contribution in [2.45, 2.75) is 19.3 Å². The maximum absolute atomic E-state index is 9.19. The van der Waals surface area contributed by atoms with Crippen molar-refractivity contribution < 1.29 is 29.5 Å². The minimum atomic E-state index is -1.24. The minimum absolute atomic E-state index is 0.0676. The Kier molecular flexibility index (Phi) is 9.16. The SMILES string of the molecule is CCOCC(O)COCOC(O)CO. The smallest absolute Gasteiger partial charge is 0.180 e. The van der Waals surface area contributed by atoms with Crippen LogP contribution in [0.1, 0.15) is 6.92 Å². The van der Waals surface area contributed by atoms with Gasteiger partial charge >= 0.3 is 0 Å². The maximum atomic E-state index is 9.19. The fourth-order valence-electron chi connectivity index (χ4n) is 0.666. The molecule has 0 aliphatic heterocycles. The van der Waals surface area contributed by atoms with E-state index in [-0.39, 0.29) is 20.0 Å². The Hall–Kier alpha value is -0.240. The molecular formula is C8H18O6. The standard InChI is InChI=1S/C8H18O6/c1-2-12-4-7(10)5-13-6-14-8(11)3-9/h7-11H,2-6H2,1H3. The van der Waals surface area contributed by atoms with Gasteiger partial charge in [-0.1, -0.05) is 0 Å². The van der Waals surface area contributed by atoms with Gasteiger partial charge in [-0.3, -0.25) is 0 Å². The van der Waals surface area contributed by atoms with E-state index in [1.54, 1.807) is 0 Å². The zero-order valence-electron chi connectivity index (χ0n) is 8.26. The lowest BCUT2D eigenvalue weighted by molar-refractivity contribution is -0.191. The molecule has 0 aliphatic carbocycles. The van der Waals surface area contributed by atoms with Crippen molar-refractivity contribution in [3.8, 4) is 0 Å². The number of ether oxygens (including phenoxy) is 3. The van der Waals surface area contributed by atoms with Crippen molar-refractivity contribution in [1.82, 2.24) is 0 Å². The molecule has 0 saturated heterocycles. The van der Waals surface area contributed by atoms with Gasteiger partial charge in [0.05, 0.1) is 19.8 Å². The van der Waals surface area contributed by atoms with Crippen molar-refractivity contribution in [2.24, 2.45) is 0 Å². The van der Waals surface area contributed by atoms with Crippen LogP contribution in [0.15, 0.2) is 0 Å². The topological polar surface area (TPSA) is 88.4 Å². The summed E-state index contributed by atoms with van der Waals surface area (Å²) in [6, 6.07) is 0. The van der Waals surface area contributed by atoms with E-state index >= 15 is 0 Å². The molecule has 0 saturated carbocycles. The first kappa shape index (κ1) is 13.8. The van der Waals surface area contributed by atoms with E-state index in [9.17, 15) is 5.11 Å². The second-order valence-electron chi connectivity index (χ2n) is 2.61. The molecule has 0 aromatic carbocycles. The molecule has 6 nitrogen and oxygen atoms in total. The van der Waals surface area contributed by atoms with E-state index in [0.29, 0.717) is 6.61 Å². The second kappa shape index (κ2) is 9.32. The van der Waals surface area contributed by atoms with Crippen molar-refractivity contribution in [1.29, 1.82) is 0 Å². The Morgan fingerprint density at radius 2 is 1.79 bits per heavy atom. The highest BCUT2D eigenvalue weighted by Gasteiger charge is 2.05. The summed E-state index contributed by atoms with van der Waals surface area (Å²) in [5.41, 5.74) is 0. The number of rotatable bonds is 9. The summed E-state index contributed by atoms with van der Waals surface area (Å²) in [6.07, 6.45) is -1.94. The van der Waals surface area contributed by atoms with Crippen LogP contribution in [-0.4, -0.2) is 60.9 Å². The number of hydrogen-bond acceptors (Lipinski definition) is 6. The molecule has 0 aliphatic rings. The Morgan fingerprint density at radius 3 is 2.36 bits per heavy atom. The Balaban J connectivity index is 3.18. The molecule has 0 aromatic heterocycles. The maximum Gasteiger partial charge on any atom is 0.180 e. The molecule has 0 rings (SSSR count). The van der Waals surface area contributed by atoms with Crippen molar-refractivity contribution in [3.05, 3.63) is 0 Å². The number of hydrogen-bond donors (Lipinski definition) is 3. The second-order valence-corrected chi connectivity index (χ2v) is 2.61. The van der Waals surface area contributed by atoms with Crippen LogP contribution in [0, 0.1) is 0 Å². The van der Waals surface area contributed by atoms with Gasteiger partial charge in [-0.2, -0.15) is 0 Å². The van der Waals surface area contributed by atoms with Crippen molar-refractivity contribution in [2.75, 3.05) is 33.2 Å². The van der Waals surface area contributed by atoms with Crippen LogP contribution in [0.25, 0.3) is 0 Å². The molecule has 0 bridgehead atoms. The molecule has 0 spiro atoms. The average molecular weight is 210 g/mol. The quantitative estimate of drug-likeness (QED) is 0.323. The molecule has 14 heavy (non-hydrogen) atoms. The zero-order valence-corrected chi connectivity index (χ0v) is 8.26. The lowest BCUT2D eigenvalue weighted by Crippen LogP contribution is -2.24. The Bertz CT molecular complexity index is 120.